The topological polar surface area (TPSA) is 81.4 Å². The van der Waals surface area contributed by atoms with Gasteiger partial charge in [-0.15, -0.1) is 0 Å². The molecule has 0 saturated carbocycles. The minimum Gasteiger partial charge on any atom is -0.488 e. The summed E-state index contributed by atoms with van der Waals surface area (Å²) in [4.78, 5) is 23.2. The third-order valence-corrected chi connectivity index (χ3v) is 3.22. The lowest BCUT2D eigenvalue weighted by Crippen LogP contribution is -2.23. The van der Waals surface area contributed by atoms with Gasteiger partial charge in [-0.3, -0.25) is 9.59 Å². The van der Waals surface area contributed by atoms with Gasteiger partial charge in [-0.2, -0.15) is 0 Å². The van der Waals surface area contributed by atoms with E-state index in [1.54, 1.807) is 18.2 Å². The molecule has 2 rings (SSSR count). The number of benzene rings is 2. The first-order valence-electron chi connectivity index (χ1n) is 7.50. The summed E-state index contributed by atoms with van der Waals surface area (Å²) in [6, 6.07) is 10.6. The molecule has 0 heterocycles. The molecule has 6 heteroatoms. The molecular weight excluding hydrogens is 311 g/mol. The predicted molar refractivity (Wildman–Crippen MR) is 88.3 cm³/mol. The fourth-order valence-electron chi connectivity index (χ4n) is 2.10. The van der Waals surface area contributed by atoms with Crippen molar-refractivity contribution in [3.05, 3.63) is 65.0 Å². The van der Waals surface area contributed by atoms with Crippen molar-refractivity contribution < 1.29 is 18.7 Å². The second-order valence-electron chi connectivity index (χ2n) is 5.56. The maximum atomic E-state index is 13.9. The standard InChI is InChI=1S/C18H19FN2O3/c1-11(2)24-16-7-6-12(8-15(16)19)10-21-18(23)14-5-3-4-13(9-14)17(20)22/h3-9,11H,10H2,1-2H3,(H2,20,22)(H,21,23). The monoisotopic (exact) mass is 330 g/mol. The van der Waals surface area contributed by atoms with Gasteiger partial charge in [-0.25, -0.2) is 4.39 Å². The Bertz CT molecular complexity index is 760. The van der Waals surface area contributed by atoms with Gasteiger partial charge in [0.2, 0.25) is 5.91 Å². The maximum absolute atomic E-state index is 13.9. The van der Waals surface area contributed by atoms with Crippen molar-refractivity contribution in [2.24, 2.45) is 5.73 Å². The van der Waals surface area contributed by atoms with Gasteiger partial charge in [0.05, 0.1) is 6.10 Å². The van der Waals surface area contributed by atoms with Crippen molar-refractivity contribution in [3.8, 4) is 5.75 Å². The number of hydrogen-bond donors (Lipinski definition) is 2. The molecule has 5 nitrogen and oxygen atoms in total. The molecular formula is C18H19FN2O3. The Hall–Kier alpha value is -2.89. The first-order chi connectivity index (χ1) is 11.4. The fourth-order valence-corrected chi connectivity index (χ4v) is 2.10. The van der Waals surface area contributed by atoms with Gasteiger partial charge in [-0.05, 0) is 49.7 Å². The number of nitrogens with two attached hydrogens (primary N) is 1. The Morgan fingerprint density at radius 1 is 1.17 bits per heavy atom. The number of hydrogen-bond acceptors (Lipinski definition) is 3. The molecule has 0 unspecified atom stereocenters. The van der Waals surface area contributed by atoms with E-state index < -0.39 is 11.7 Å². The van der Waals surface area contributed by atoms with Crippen LogP contribution in [0.15, 0.2) is 42.5 Å². The Kier molecular flexibility index (Phi) is 5.52. The second-order valence-corrected chi connectivity index (χ2v) is 5.56. The molecule has 0 aliphatic carbocycles. The second kappa shape index (κ2) is 7.59. The number of ether oxygens (including phenoxy) is 1. The Labute approximate surface area is 139 Å². The fraction of sp³-hybridized carbons (Fsp3) is 0.222. The zero-order valence-electron chi connectivity index (χ0n) is 13.5. The third-order valence-electron chi connectivity index (χ3n) is 3.22. The highest BCUT2D eigenvalue weighted by Gasteiger charge is 2.10. The van der Waals surface area contributed by atoms with Gasteiger partial charge in [0.25, 0.3) is 5.91 Å². The van der Waals surface area contributed by atoms with E-state index in [0.29, 0.717) is 11.1 Å². The Morgan fingerprint density at radius 2 is 1.88 bits per heavy atom. The molecule has 126 valence electrons. The van der Waals surface area contributed by atoms with Crippen molar-refractivity contribution in [1.29, 1.82) is 0 Å². The highest BCUT2D eigenvalue weighted by Crippen LogP contribution is 2.19. The minimum absolute atomic E-state index is 0.123. The quantitative estimate of drug-likeness (QED) is 0.854. The average Bonchev–Trinajstić information content (AvgIpc) is 2.54. The summed E-state index contributed by atoms with van der Waals surface area (Å²) >= 11 is 0. The van der Waals surface area contributed by atoms with Crippen molar-refractivity contribution in [2.75, 3.05) is 0 Å². The highest BCUT2D eigenvalue weighted by atomic mass is 19.1. The Balaban J connectivity index is 2.02. The number of primary amides is 1. The lowest BCUT2D eigenvalue weighted by atomic mass is 10.1. The molecule has 0 bridgehead atoms. The summed E-state index contributed by atoms with van der Waals surface area (Å²) in [5.41, 5.74) is 6.35. The molecule has 0 aromatic heterocycles. The van der Waals surface area contributed by atoms with Crippen LogP contribution in [0.25, 0.3) is 0 Å². The van der Waals surface area contributed by atoms with E-state index in [1.807, 2.05) is 13.8 Å². The average molecular weight is 330 g/mol. The molecule has 24 heavy (non-hydrogen) atoms. The minimum atomic E-state index is -0.604. The molecule has 2 aromatic rings. The van der Waals surface area contributed by atoms with Crippen LogP contribution in [0.5, 0.6) is 5.75 Å². The first-order valence-corrected chi connectivity index (χ1v) is 7.50. The van der Waals surface area contributed by atoms with E-state index in [4.69, 9.17) is 10.5 Å². The van der Waals surface area contributed by atoms with E-state index in [0.717, 1.165) is 0 Å². The van der Waals surface area contributed by atoms with Crippen molar-refractivity contribution in [2.45, 2.75) is 26.5 Å². The van der Waals surface area contributed by atoms with E-state index >= 15 is 0 Å². The van der Waals surface area contributed by atoms with Gasteiger partial charge in [0, 0.05) is 17.7 Å². The van der Waals surface area contributed by atoms with Crippen LogP contribution in [0.1, 0.15) is 40.1 Å². The van der Waals surface area contributed by atoms with Crippen molar-refractivity contribution in [1.82, 2.24) is 5.32 Å². The van der Waals surface area contributed by atoms with Gasteiger partial charge < -0.3 is 15.8 Å². The number of nitrogens with one attached hydrogen (secondary N) is 1. The lowest BCUT2D eigenvalue weighted by molar-refractivity contribution is 0.0951. The van der Waals surface area contributed by atoms with Crippen LogP contribution in [0.2, 0.25) is 0 Å². The lowest BCUT2D eigenvalue weighted by Gasteiger charge is -2.12. The molecule has 2 amide bonds. The van der Waals surface area contributed by atoms with Crippen LogP contribution in [-0.2, 0) is 6.54 Å². The molecule has 0 saturated heterocycles. The maximum Gasteiger partial charge on any atom is 0.251 e. The number of carbonyl (C=O) groups is 2. The first kappa shape index (κ1) is 17.5. The molecule has 3 N–H and O–H groups in total. The van der Waals surface area contributed by atoms with Crippen LogP contribution in [0.4, 0.5) is 4.39 Å². The highest BCUT2D eigenvalue weighted by molar-refractivity contribution is 5.99. The number of halogens is 1. The summed E-state index contributed by atoms with van der Waals surface area (Å²) in [5.74, 6) is -1.28. The number of amides is 2. The van der Waals surface area contributed by atoms with Crippen LogP contribution in [0, 0.1) is 5.82 Å². The number of carbonyl (C=O) groups excluding carboxylic acids is 2. The van der Waals surface area contributed by atoms with Crippen molar-refractivity contribution >= 4 is 11.8 Å². The summed E-state index contributed by atoms with van der Waals surface area (Å²) < 4.78 is 19.2. The normalized spacial score (nSPS) is 10.5. The SMILES string of the molecule is CC(C)Oc1ccc(CNC(=O)c2cccc(C(N)=O)c2)cc1F. The molecule has 0 atom stereocenters. The van der Waals surface area contributed by atoms with Crippen LogP contribution in [-0.4, -0.2) is 17.9 Å². The molecule has 2 aromatic carbocycles. The molecule has 0 fully saturated rings. The zero-order valence-corrected chi connectivity index (χ0v) is 13.5. The number of rotatable bonds is 6. The van der Waals surface area contributed by atoms with E-state index in [9.17, 15) is 14.0 Å². The van der Waals surface area contributed by atoms with Crippen LogP contribution < -0.4 is 15.8 Å². The smallest absolute Gasteiger partial charge is 0.251 e. The third kappa shape index (κ3) is 4.55. The molecule has 0 spiro atoms. The molecule has 0 radical (unpaired) electrons. The summed E-state index contributed by atoms with van der Waals surface area (Å²) in [6.07, 6.45) is -0.123. The van der Waals surface area contributed by atoms with E-state index in [-0.39, 0.29) is 29.9 Å². The molecule has 0 aliphatic rings. The van der Waals surface area contributed by atoms with Gasteiger partial charge >= 0.3 is 0 Å². The van der Waals surface area contributed by atoms with E-state index in [1.165, 1.54) is 24.3 Å². The Morgan fingerprint density at radius 3 is 2.50 bits per heavy atom. The van der Waals surface area contributed by atoms with Crippen LogP contribution >= 0.6 is 0 Å². The van der Waals surface area contributed by atoms with Gasteiger partial charge in [0.1, 0.15) is 0 Å². The molecule has 0 aliphatic heterocycles. The predicted octanol–water partition coefficient (Wildman–Crippen LogP) is 2.64. The van der Waals surface area contributed by atoms with Crippen LogP contribution in [0.3, 0.4) is 0 Å². The summed E-state index contributed by atoms with van der Waals surface area (Å²) in [6.45, 7) is 3.78. The van der Waals surface area contributed by atoms with Crippen molar-refractivity contribution in [3.63, 3.8) is 0 Å². The van der Waals surface area contributed by atoms with Gasteiger partial charge in [-0.1, -0.05) is 12.1 Å². The van der Waals surface area contributed by atoms with Gasteiger partial charge in [0.15, 0.2) is 11.6 Å². The zero-order chi connectivity index (χ0) is 17.7. The summed E-state index contributed by atoms with van der Waals surface area (Å²) in [7, 11) is 0. The largest absolute Gasteiger partial charge is 0.488 e. The van der Waals surface area contributed by atoms with E-state index in [2.05, 4.69) is 5.32 Å². The summed E-state index contributed by atoms with van der Waals surface area (Å²) in [5, 5.41) is 2.67.